The fraction of sp³-hybridized carbons (Fsp3) is 0.556. The van der Waals surface area contributed by atoms with Crippen LogP contribution in [0.1, 0.15) is 44.6 Å². The zero-order valence-electron chi connectivity index (χ0n) is 14.2. The minimum atomic E-state index is -0.433. The second-order valence-electron chi connectivity index (χ2n) is 6.61. The van der Waals surface area contributed by atoms with Crippen molar-refractivity contribution in [3.63, 3.8) is 0 Å². The van der Waals surface area contributed by atoms with Crippen molar-refractivity contribution < 1.29 is 9.59 Å². The molecule has 2 amide bonds. The maximum absolute atomic E-state index is 12.3. The number of hydrogen-bond acceptors (Lipinski definition) is 3. The number of hydrogen-bond donors (Lipinski definition) is 3. The Hall–Kier alpha value is -1.59. The third-order valence-corrected chi connectivity index (χ3v) is 4.55. The van der Waals surface area contributed by atoms with E-state index in [2.05, 4.69) is 10.6 Å². The van der Waals surface area contributed by atoms with Gasteiger partial charge in [0.2, 0.25) is 11.8 Å². The van der Waals surface area contributed by atoms with Crippen LogP contribution in [-0.4, -0.2) is 23.9 Å². The molecule has 0 bridgehead atoms. The predicted molar refractivity (Wildman–Crippen MR) is 97.7 cm³/mol. The number of carbonyl (C=O) groups is 2. The number of halogens is 1. The van der Waals surface area contributed by atoms with Gasteiger partial charge < -0.3 is 16.4 Å². The van der Waals surface area contributed by atoms with Crippen molar-refractivity contribution in [2.75, 3.05) is 6.54 Å². The van der Waals surface area contributed by atoms with Gasteiger partial charge in [0, 0.05) is 25.0 Å². The van der Waals surface area contributed by atoms with Gasteiger partial charge >= 0.3 is 0 Å². The molecule has 0 heterocycles. The number of carbonyl (C=O) groups excluding carboxylic acids is 2. The molecule has 1 aromatic carbocycles. The van der Waals surface area contributed by atoms with Crippen molar-refractivity contribution in [2.45, 2.75) is 51.1 Å². The second kappa shape index (κ2) is 9.64. The maximum Gasteiger partial charge on any atom is 0.224 e. The van der Waals surface area contributed by atoms with Gasteiger partial charge in [-0.25, -0.2) is 0 Å². The highest BCUT2D eigenvalue weighted by Gasteiger charge is 2.37. The molecule has 134 valence electrons. The van der Waals surface area contributed by atoms with Crippen LogP contribution in [0.5, 0.6) is 0 Å². The monoisotopic (exact) mass is 353 g/mol. The lowest BCUT2D eigenvalue weighted by Gasteiger charge is -2.37. The Morgan fingerprint density at radius 3 is 2.58 bits per heavy atom. The van der Waals surface area contributed by atoms with E-state index in [4.69, 9.17) is 5.73 Å². The van der Waals surface area contributed by atoms with E-state index in [1.165, 1.54) is 0 Å². The van der Waals surface area contributed by atoms with E-state index in [-0.39, 0.29) is 36.6 Å². The number of nitrogens with two attached hydrogens (primary N) is 1. The highest BCUT2D eigenvalue weighted by molar-refractivity contribution is 5.85. The molecule has 5 nitrogen and oxygen atoms in total. The van der Waals surface area contributed by atoms with Crippen LogP contribution in [0.2, 0.25) is 0 Å². The Kier molecular flexibility index (Phi) is 8.22. The Labute approximate surface area is 150 Å². The Morgan fingerprint density at radius 1 is 1.21 bits per heavy atom. The number of nitrogens with one attached hydrogen (secondary N) is 2. The first-order valence-electron chi connectivity index (χ1n) is 8.36. The third-order valence-electron chi connectivity index (χ3n) is 4.55. The third kappa shape index (κ3) is 6.13. The van der Waals surface area contributed by atoms with E-state index in [0.717, 1.165) is 31.2 Å². The van der Waals surface area contributed by atoms with Crippen LogP contribution in [0.25, 0.3) is 0 Å². The molecule has 24 heavy (non-hydrogen) atoms. The van der Waals surface area contributed by atoms with Crippen LogP contribution in [0, 0.1) is 5.92 Å². The molecule has 1 aromatic rings. The van der Waals surface area contributed by atoms with Gasteiger partial charge in [-0.2, -0.15) is 0 Å². The summed E-state index contributed by atoms with van der Waals surface area (Å²) < 4.78 is 0. The lowest BCUT2D eigenvalue weighted by Crippen LogP contribution is -2.53. The summed E-state index contributed by atoms with van der Waals surface area (Å²) >= 11 is 0. The van der Waals surface area contributed by atoms with Crippen LogP contribution in [0.3, 0.4) is 0 Å². The van der Waals surface area contributed by atoms with Gasteiger partial charge in [0.25, 0.3) is 0 Å². The largest absolute Gasteiger partial charge is 0.355 e. The van der Waals surface area contributed by atoms with Gasteiger partial charge in [-0.3, -0.25) is 9.59 Å². The zero-order valence-corrected chi connectivity index (χ0v) is 15.0. The zero-order chi connectivity index (χ0) is 16.7. The van der Waals surface area contributed by atoms with Gasteiger partial charge in [0.05, 0.1) is 5.92 Å². The molecule has 0 aromatic heterocycles. The van der Waals surface area contributed by atoms with Crippen molar-refractivity contribution in [2.24, 2.45) is 11.7 Å². The molecule has 2 unspecified atom stereocenters. The van der Waals surface area contributed by atoms with Crippen LogP contribution in [-0.2, 0) is 16.1 Å². The Bertz CT molecular complexity index is 534. The van der Waals surface area contributed by atoms with E-state index < -0.39 is 5.54 Å². The average molecular weight is 354 g/mol. The molecule has 0 saturated heterocycles. The van der Waals surface area contributed by atoms with Crippen molar-refractivity contribution >= 4 is 24.2 Å². The standard InChI is InChI=1S/C18H27N3O2.ClH/c1-18(19)11-6-5-9-15(18)17(23)20-12-10-16(22)21-13-14-7-3-2-4-8-14;/h2-4,7-8,15H,5-6,9-13,19H2,1H3,(H,20,23)(H,21,22);1H. The quantitative estimate of drug-likeness (QED) is 0.732. The Morgan fingerprint density at radius 2 is 1.92 bits per heavy atom. The normalized spacial score (nSPS) is 23.0. The van der Waals surface area contributed by atoms with Crippen LogP contribution >= 0.6 is 12.4 Å². The summed E-state index contributed by atoms with van der Waals surface area (Å²) in [5.41, 5.74) is 6.85. The molecular weight excluding hydrogens is 326 g/mol. The highest BCUT2D eigenvalue weighted by atomic mass is 35.5. The first kappa shape index (κ1) is 20.5. The molecule has 0 aliphatic heterocycles. The molecule has 4 N–H and O–H groups in total. The van der Waals surface area contributed by atoms with E-state index in [0.29, 0.717) is 13.1 Å². The van der Waals surface area contributed by atoms with Crippen LogP contribution in [0.15, 0.2) is 30.3 Å². The Balaban J connectivity index is 0.00000288. The summed E-state index contributed by atoms with van der Waals surface area (Å²) in [7, 11) is 0. The summed E-state index contributed by atoms with van der Waals surface area (Å²) in [6.45, 7) is 2.81. The first-order chi connectivity index (χ1) is 11.0. The molecular formula is C18H28ClN3O2. The van der Waals surface area contributed by atoms with Crippen molar-refractivity contribution in [1.82, 2.24) is 10.6 Å². The van der Waals surface area contributed by atoms with Gasteiger partial charge in [-0.15, -0.1) is 12.4 Å². The average Bonchev–Trinajstić information content (AvgIpc) is 2.53. The van der Waals surface area contributed by atoms with Crippen LogP contribution < -0.4 is 16.4 Å². The van der Waals surface area contributed by atoms with Crippen molar-refractivity contribution in [1.29, 1.82) is 0 Å². The lowest BCUT2D eigenvalue weighted by atomic mass is 9.74. The van der Waals surface area contributed by atoms with Gasteiger partial charge in [-0.1, -0.05) is 43.2 Å². The summed E-state index contributed by atoms with van der Waals surface area (Å²) in [6.07, 6.45) is 4.12. The minimum absolute atomic E-state index is 0. The first-order valence-corrected chi connectivity index (χ1v) is 8.36. The van der Waals surface area contributed by atoms with Gasteiger partial charge in [0.1, 0.15) is 0 Å². The molecule has 2 atom stereocenters. The minimum Gasteiger partial charge on any atom is -0.355 e. The molecule has 0 spiro atoms. The smallest absolute Gasteiger partial charge is 0.224 e. The van der Waals surface area contributed by atoms with E-state index in [1.807, 2.05) is 37.3 Å². The second-order valence-corrected chi connectivity index (χ2v) is 6.61. The maximum atomic E-state index is 12.3. The van der Waals surface area contributed by atoms with Crippen molar-refractivity contribution in [3.8, 4) is 0 Å². The topological polar surface area (TPSA) is 84.2 Å². The number of benzene rings is 1. The summed E-state index contributed by atoms with van der Waals surface area (Å²) in [5.74, 6) is -0.234. The van der Waals surface area contributed by atoms with E-state index in [1.54, 1.807) is 0 Å². The summed E-state index contributed by atoms with van der Waals surface area (Å²) in [6, 6.07) is 9.75. The van der Waals surface area contributed by atoms with Crippen LogP contribution in [0.4, 0.5) is 0 Å². The highest BCUT2D eigenvalue weighted by Crippen LogP contribution is 2.31. The molecule has 1 fully saturated rings. The fourth-order valence-corrected chi connectivity index (χ4v) is 3.10. The fourth-order valence-electron chi connectivity index (χ4n) is 3.10. The SMILES string of the molecule is CC1(N)CCCCC1C(=O)NCCC(=O)NCc1ccccc1.Cl. The molecule has 0 radical (unpaired) electrons. The molecule has 2 rings (SSSR count). The molecule has 6 heteroatoms. The lowest BCUT2D eigenvalue weighted by molar-refractivity contribution is -0.128. The number of rotatable bonds is 6. The number of amides is 2. The van der Waals surface area contributed by atoms with Gasteiger partial charge in [0.15, 0.2) is 0 Å². The van der Waals surface area contributed by atoms with E-state index in [9.17, 15) is 9.59 Å². The van der Waals surface area contributed by atoms with E-state index >= 15 is 0 Å². The molecule has 1 aliphatic rings. The summed E-state index contributed by atoms with van der Waals surface area (Å²) in [5, 5.41) is 5.71. The predicted octanol–water partition coefficient (Wildman–Crippen LogP) is 2.14. The molecule has 1 aliphatic carbocycles. The molecule has 1 saturated carbocycles. The summed E-state index contributed by atoms with van der Waals surface area (Å²) in [4.78, 5) is 24.1. The van der Waals surface area contributed by atoms with Crippen molar-refractivity contribution in [3.05, 3.63) is 35.9 Å². The van der Waals surface area contributed by atoms with Gasteiger partial charge in [-0.05, 0) is 25.3 Å².